The molecule has 6 nitrogen and oxygen atoms in total. The second kappa shape index (κ2) is 6.82. The first-order valence-electron chi connectivity index (χ1n) is 6.65. The number of hydrogen-bond donors (Lipinski definition) is 1. The molecule has 1 aliphatic rings. The molecule has 1 aliphatic heterocycles. The predicted octanol–water partition coefficient (Wildman–Crippen LogP) is 0.108. The van der Waals surface area contributed by atoms with Crippen LogP contribution in [-0.4, -0.2) is 59.1 Å². The molecule has 2 heterocycles. The lowest BCUT2D eigenvalue weighted by atomic mass is 10.2. The van der Waals surface area contributed by atoms with E-state index in [1.165, 1.54) is 0 Å². The van der Waals surface area contributed by atoms with E-state index >= 15 is 0 Å². The predicted molar refractivity (Wildman–Crippen MR) is 69.3 cm³/mol. The SMILES string of the molecule is CCCNCC(COC)N1CCn2cnnc2C1. The van der Waals surface area contributed by atoms with Crippen molar-refractivity contribution in [1.82, 2.24) is 25.0 Å². The van der Waals surface area contributed by atoms with Gasteiger partial charge in [0.1, 0.15) is 12.2 Å². The molecule has 1 N–H and O–H groups in total. The van der Waals surface area contributed by atoms with Gasteiger partial charge in [0, 0.05) is 32.8 Å². The van der Waals surface area contributed by atoms with Gasteiger partial charge in [-0.3, -0.25) is 4.90 Å². The van der Waals surface area contributed by atoms with Crippen LogP contribution in [0.2, 0.25) is 0 Å². The first-order valence-corrected chi connectivity index (χ1v) is 6.65. The molecule has 0 spiro atoms. The zero-order valence-corrected chi connectivity index (χ0v) is 11.3. The second-order valence-corrected chi connectivity index (χ2v) is 4.72. The van der Waals surface area contributed by atoms with E-state index in [1.807, 2.05) is 6.33 Å². The summed E-state index contributed by atoms with van der Waals surface area (Å²) < 4.78 is 7.46. The van der Waals surface area contributed by atoms with Crippen molar-refractivity contribution < 1.29 is 4.74 Å². The zero-order valence-electron chi connectivity index (χ0n) is 11.3. The van der Waals surface area contributed by atoms with Crippen LogP contribution in [0.25, 0.3) is 0 Å². The Labute approximate surface area is 108 Å². The molecule has 6 heteroatoms. The van der Waals surface area contributed by atoms with Gasteiger partial charge in [-0.05, 0) is 13.0 Å². The van der Waals surface area contributed by atoms with Gasteiger partial charge in [-0.1, -0.05) is 6.92 Å². The second-order valence-electron chi connectivity index (χ2n) is 4.72. The third kappa shape index (κ3) is 3.28. The fraction of sp³-hybridized carbons (Fsp3) is 0.833. The highest BCUT2D eigenvalue weighted by atomic mass is 16.5. The molecule has 0 radical (unpaired) electrons. The quantitative estimate of drug-likeness (QED) is 0.699. The maximum Gasteiger partial charge on any atom is 0.147 e. The third-order valence-corrected chi connectivity index (χ3v) is 3.35. The molecule has 0 aromatic carbocycles. The van der Waals surface area contributed by atoms with Crippen molar-refractivity contribution in [2.24, 2.45) is 0 Å². The number of rotatable bonds is 7. The Kier molecular flexibility index (Phi) is 5.10. The van der Waals surface area contributed by atoms with Crippen molar-refractivity contribution in [2.75, 3.05) is 33.4 Å². The molecular formula is C12H23N5O. The Morgan fingerprint density at radius 1 is 1.50 bits per heavy atom. The minimum Gasteiger partial charge on any atom is -0.383 e. The number of methoxy groups -OCH3 is 1. The molecule has 1 aromatic heterocycles. The number of aromatic nitrogens is 3. The Balaban J connectivity index is 1.90. The van der Waals surface area contributed by atoms with Crippen LogP contribution >= 0.6 is 0 Å². The van der Waals surface area contributed by atoms with E-state index in [9.17, 15) is 0 Å². The Morgan fingerprint density at radius 2 is 2.39 bits per heavy atom. The summed E-state index contributed by atoms with van der Waals surface area (Å²) in [6, 6.07) is 0.409. The van der Waals surface area contributed by atoms with Crippen molar-refractivity contribution in [3.63, 3.8) is 0 Å². The summed E-state index contributed by atoms with van der Waals surface area (Å²) in [5, 5.41) is 11.6. The number of ether oxygens (including phenoxy) is 1. The molecule has 0 amide bonds. The topological polar surface area (TPSA) is 55.2 Å². The number of fused-ring (bicyclic) bond motifs is 1. The first-order chi connectivity index (χ1) is 8.85. The van der Waals surface area contributed by atoms with E-state index in [0.717, 1.165) is 51.6 Å². The van der Waals surface area contributed by atoms with Gasteiger partial charge in [0.2, 0.25) is 0 Å². The summed E-state index contributed by atoms with van der Waals surface area (Å²) in [6.45, 7) is 7.83. The summed E-state index contributed by atoms with van der Waals surface area (Å²) in [6.07, 6.45) is 2.97. The average Bonchev–Trinajstić information content (AvgIpc) is 2.85. The van der Waals surface area contributed by atoms with E-state index in [4.69, 9.17) is 4.74 Å². The van der Waals surface area contributed by atoms with Crippen LogP contribution in [0.4, 0.5) is 0 Å². The van der Waals surface area contributed by atoms with E-state index < -0.39 is 0 Å². The largest absolute Gasteiger partial charge is 0.383 e. The van der Waals surface area contributed by atoms with Crippen LogP contribution < -0.4 is 5.32 Å². The lowest BCUT2D eigenvalue weighted by Crippen LogP contribution is -2.48. The highest BCUT2D eigenvalue weighted by molar-refractivity contribution is 4.92. The van der Waals surface area contributed by atoms with Gasteiger partial charge in [-0.25, -0.2) is 0 Å². The van der Waals surface area contributed by atoms with Gasteiger partial charge in [-0.2, -0.15) is 0 Å². The standard InChI is InChI=1S/C12H23N5O/c1-3-4-13-7-11(9-18-2)16-5-6-17-10-14-15-12(17)8-16/h10-11,13H,3-9H2,1-2H3. The van der Waals surface area contributed by atoms with Crippen molar-refractivity contribution >= 4 is 0 Å². The number of hydrogen-bond acceptors (Lipinski definition) is 5. The highest BCUT2D eigenvalue weighted by Crippen LogP contribution is 2.12. The molecule has 0 saturated heterocycles. The molecule has 2 rings (SSSR count). The maximum absolute atomic E-state index is 5.33. The molecule has 1 aromatic rings. The van der Waals surface area contributed by atoms with Gasteiger partial charge in [0.05, 0.1) is 13.2 Å². The molecule has 0 aliphatic carbocycles. The third-order valence-electron chi connectivity index (χ3n) is 3.35. The summed E-state index contributed by atoms with van der Waals surface area (Å²) in [4.78, 5) is 2.43. The fourth-order valence-electron chi connectivity index (χ4n) is 2.33. The van der Waals surface area contributed by atoms with Crippen LogP contribution in [0.3, 0.4) is 0 Å². The van der Waals surface area contributed by atoms with Gasteiger partial charge in [-0.15, -0.1) is 10.2 Å². The van der Waals surface area contributed by atoms with Gasteiger partial charge in [0.15, 0.2) is 0 Å². The zero-order chi connectivity index (χ0) is 12.8. The number of nitrogens with one attached hydrogen (secondary N) is 1. The molecule has 0 fully saturated rings. The summed E-state index contributed by atoms with van der Waals surface area (Å²) in [7, 11) is 1.76. The van der Waals surface area contributed by atoms with Crippen LogP contribution in [0.1, 0.15) is 19.2 Å². The molecule has 18 heavy (non-hydrogen) atoms. The fourth-order valence-corrected chi connectivity index (χ4v) is 2.33. The van der Waals surface area contributed by atoms with E-state index in [0.29, 0.717) is 6.04 Å². The van der Waals surface area contributed by atoms with Crippen molar-refractivity contribution in [3.8, 4) is 0 Å². The molecule has 0 saturated carbocycles. The lowest BCUT2D eigenvalue weighted by molar-refractivity contribution is 0.0706. The van der Waals surface area contributed by atoms with Crippen molar-refractivity contribution in [1.29, 1.82) is 0 Å². The molecular weight excluding hydrogens is 230 g/mol. The summed E-state index contributed by atoms with van der Waals surface area (Å²) in [5.41, 5.74) is 0. The van der Waals surface area contributed by atoms with Crippen LogP contribution in [0.5, 0.6) is 0 Å². The normalized spacial score (nSPS) is 17.7. The Hall–Kier alpha value is -0.980. The van der Waals surface area contributed by atoms with Crippen molar-refractivity contribution in [2.45, 2.75) is 32.5 Å². The summed E-state index contributed by atoms with van der Waals surface area (Å²) in [5.74, 6) is 1.05. The van der Waals surface area contributed by atoms with Gasteiger partial charge >= 0.3 is 0 Å². The minimum absolute atomic E-state index is 0.409. The van der Waals surface area contributed by atoms with Crippen molar-refractivity contribution in [3.05, 3.63) is 12.2 Å². The van der Waals surface area contributed by atoms with E-state index in [2.05, 4.69) is 31.9 Å². The van der Waals surface area contributed by atoms with Crippen LogP contribution in [-0.2, 0) is 17.8 Å². The van der Waals surface area contributed by atoms with Gasteiger partial charge in [0.25, 0.3) is 0 Å². The highest BCUT2D eigenvalue weighted by Gasteiger charge is 2.24. The van der Waals surface area contributed by atoms with Gasteiger partial charge < -0.3 is 14.6 Å². The Bertz CT molecular complexity index is 354. The summed E-state index contributed by atoms with van der Waals surface area (Å²) >= 11 is 0. The van der Waals surface area contributed by atoms with Crippen LogP contribution in [0, 0.1) is 0 Å². The smallest absolute Gasteiger partial charge is 0.147 e. The average molecular weight is 253 g/mol. The number of nitrogens with zero attached hydrogens (tertiary/aromatic N) is 4. The first kappa shape index (κ1) is 13.5. The van der Waals surface area contributed by atoms with E-state index in [1.54, 1.807) is 7.11 Å². The Morgan fingerprint density at radius 3 is 3.17 bits per heavy atom. The van der Waals surface area contributed by atoms with Crippen LogP contribution in [0.15, 0.2) is 6.33 Å². The molecule has 1 atom stereocenters. The minimum atomic E-state index is 0.409. The molecule has 102 valence electrons. The molecule has 1 unspecified atom stereocenters. The monoisotopic (exact) mass is 253 g/mol. The van der Waals surface area contributed by atoms with E-state index in [-0.39, 0.29) is 0 Å². The molecule has 0 bridgehead atoms. The lowest BCUT2D eigenvalue weighted by Gasteiger charge is -2.34. The maximum atomic E-state index is 5.33.